The average Bonchev–Trinajstić information content (AvgIpc) is 3.19. The van der Waals surface area contributed by atoms with Gasteiger partial charge in [-0.25, -0.2) is 0 Å². The Morgan fingerprint density at radius 1 is 1.07 bits per heavy atom. The molecule has 0 saturated carbocycles. The Kier molecular flexibility index (Phi) is 7.13. The Bertz CT molecular complexity index is 1050. The number of nitrogens with zero attached hydrogens (tertiary/aromatic N) is 3. The lowest BCUT2D eigenvalue weighted by Crippen LogP contribution is -2.06. The van der Waals surface area contributed by atoms with Crippen molar-refractivity contribution in [1.29, 1.82) is 0 Å². The van der Waals surface area contributed by atoms with Gasteiger partial charge in [0.25, 0.3) is 0 Å². The highest BCUT2D eigenvalue weighted by atomic mass is 32.2. The van der Waals surface area contributed by atoms with E-state index in [4.69, 9.17) is 14.2 Å². The molecule has 0 radical (unpaired) electrons. The van der Waals surface area contributed by atoms with Crippen LogP contribution in [0.1, 0.15) is 10.4 Å². The molecule has 0 bridgehead atoms. The summed E-state index contributed by atoms with van der Waals surface area (Å²) in [4.78, 5) is 12.7. The van der Waals surface area contributed by atoms with Crippen LogP contribution in [0.2, 0.25) is 0 Å². The minimum absolute atomic E-state index is 0.0444. The van der Waals surface area contributed by atoms with Crippen molar-refractivity contribution < 1.29 is 19.0 Å². The predicted octanol–water partition coefficient (Wildman–Crippen LogP) is 4.13. The third-order valence-corrected chi connectivity index (χ3v) is 5.36. The van der Waals surface area contributed by atoms with E-state index in [0.29, 0.717) is 34.6 Å². The van der Waals surface area contributed by atoms with Crippen molar-refractivity contribution in [3.05, 3.63) is 60.7 Å². The molecule has 0 spiro atoms. The Labute approximate surface area is 179 Å². The van der Waals surface area contributed by atoms with Gasteiger partial charge in [-0.15, -0.1) is 16.8 Å². The lowest BCUT2D eigenvalue weighted by Gasteiger charge is -2.10. The topological polar surface area (TPSA) is 75.5 Å². The van der Waals surface area contributed by atoms with Crippen LogP contribution in [0, 0.1) is 0 Å². The first-order valence-corrected chi connectivity index (χ1v) is 10.2. The summed E-state index contributed by atoms with van der Waals surface area (Å²) in [6, 6.07) is 12.7. The third-order valence-electron chi connectivity index (χ3n) is 4.39. The van der Waals surface area contributed by atoms with Crippen LogP contribution in [0.4, 0.5) is 0 Å². The van der Waals surface area contributed by atoms with Crippen LogP contribution in [0.25, 0.3) is 11.4 Å². The summed E-state index contributed by atoms with van der Waals surface area (Å²) in [6.45, 7) is 4.34. The molecule has 0 unspecified atom stereocenters. The molecular formula is C22H23N3O4S. The summed E-state index contributed by atoms with van der Waals surface area (Å²) < 4.78 is 17.7. The van der Waals surface area contributed by atoms with Crippen molar-refractivity contribution in [3.8, 4) is 28.6 Å². The number of hydrogen-bond acceptors (Lipinski definition) is 7. The number of thioether (sulfide) groups is 1. The molecule has 156 valence electrons. The van der Waals surface area contributed by atoms with Gasteiger partial charge in [0.1, 0.15) is 5.75 Å². The standard InChI is InChI=1S/C22H23N3O4S/c1-5-11-25-21(16-7-6-8-17(12-16)27-2)23-24-22(25)30-14-18(26)15-9-10-19(28-3)20(13-15)29-4/h5-10,12-13H,1,11,14H2,2-4H3. The maximum Gasteiger partial charge on any atom is 0.192 e. The van der Waals surface area contributed by atoms with Gasteiger partial charge in [-0.1, -0.05) is 30.0 Å². The number of carbonyl (C=O) groups is 1. The number of Topliss-reactive ketones (excluding diaryl/α,β-unsaturated/α-hetero) is 1. The number of allylic oxidation sites excluding steroid dienone is 1. The molecule has 8 heteroatoms. The highest BCUT2D eigenvalue weighted by molar-refractivity contribution is 7.99. The summed E-state index contributed by atoms with van der Waals surface area (Å²) in [5.41, 5.74) is 1.42. The van der Waals surface area contributed by atoms with E-state index in [1.807, 2.05) is 28.8 Å². The second kappa shape index (κ2) is 9.98. The summed E-state index contributed by atoms with van der Waals surface area (Å²) in [7, 11) is 4.72. The van der Waals surface area contributed by atoms with E-state index >= 15 is 0 Å². The summed E-state index contributed by atoms with van der Waals surface area (Å²) >= 11 is 1.33. The fourth-order valence-corrected chi connectivity index (χ4v) is 3.73. The van der Waals surface area contributed by atoms with Crippen LogP contribution < -0.4 is 14.2 Å². The molecule has 30 heavy (non-hydrogen) atoms. The van der Waals surface area contributed by atoms with E-state index in [1.165, 1.54) is 11.8 Å². The number of methoxy groups -OCH3 is 3. The number of ether oxygens (including phenoxy) is 3. The largest absolute Gasteiger partial charge is 0.497 e. The molecule has 0 saturated heterocycles. The maximum atomic E-state index is 12.7. The minimum atomic E-state index is -0.0444. The summed E-state index contributed by atoms with van der Waals surface area (Å²) in [5, 5.41) is 9.25. The van der Waals surface area contributed by atoms with Crippen molar-refractivity contribution in [3.63, 3.8) is 0 Å². The lowest BCUT2D eigenvalue weighted by molar-refractivity contribution is 0.102. The minimum Gasteiger partial charge on any atom is -0.497 e. The Hall–Kier alpha value is -3.26. The fraction of sp³-hybridized carbons (Fsp3) is 0.227. The lowest BCUT2D eigenvalue weighted by atomic mass is 10.1. The smallest absolute Gasteiger partial charge is 0.192 e. The number of ketones is 1. The quantitative estimate of drug-likeness (QED) is 0.275. The highest BCUT2D eigenvalue weighted by Crippen LogP contribution is 2.30. The van der Waals surface area contributed by atoms with Gasteiger partial charge in [-0.2, -0.15) is 0 Å². The Balaban J connectivity index is 1.80. The average molecular weight is 426 g/mol. The van der Waals surface area contributed by atoms with Crippen molar-refractivity contribution in [1.82, 2.24) is 14.8 Å². The van der Waals surface area contributed by atoms with E-state index in [2.05, 4.69) is 16.8 Å². The first-order chi connectivity index (χ1) is 14.6. The molecular weight excluding hydrogens is 402 g/mol. The van der Waals surface area contributed by atoms with Crippen LogP contribution in [0.15, 0.2) is 60.3 Å². The normalized spacial score (nSPS) is 10.5. The van der Waals surface area contributed by atoms with Crippen LogP contribution >= 0.6 is 11.8 Å². The fourth-order valence-electron chi connectivity index (χ4n) is 2.89. The van der Waals surface area contributed by atoms with Gasteiger partial charge in [-0.05, 0) is 30.3 Å². The molecule has 1 heterocycles. The van der Waals surface area contributed by atoms with Crippen LogP contribution in [0.5, 0.6) is 17.2 Å². The van der Waals surface area contributed by atoms with Crippen LogP contribution in [-0.2, 0) is 6.54 Å². The van der Waals surface area contributed by atoms with Crippen molar-refractivity contribution in [2.24, 2.45) is 0 Å². The molecule has 0 N–H and O–H groups in total. The van der Waals surface area contributed by atoms with Gasteiger partial charge < -0.3 is 14.2 Å². The van der Waals surface area contributed by atoms with Gasteiger partial charge in [0, 0.05) is 17.7 Å². The SMILES string of the molecule is C=CCn1c(SCC(=O)c2ccc(OC)c(OC)c2)nnc1-c1cccc(OC)c1. The first kappa shape index (κ1) is 21.4. The molecule has 0 amide bonds. The second-order valence-electron chi connectivity index (χ2n) is 6.22. The molecule has 3 rings (SSSR count). The number of rotatable bonds is 10. The molecule has 1 aromatic heterocycles. The third kappa shape index (κ3) is 4.65. The number of aromatic nitrogens is 3. The summed E-state index contributed by atoms with van der Waals surface area (Å²) in [5.74, 6) is 2.69. The van der Waals surface area contributed by atoms with Gasteiger partial charge in [0.2, 0.25) is 0 Å². The van der Waals surface area contributed by atoms with Crippen molar-refractivity contribution in [2.45, 2.75) is 11.7 Å². The molecule has 0 aliphatic rings. The van der Waals surface area contributed by atoms with Gasteiger partial charge in [0.05, 0.1) is 27.1 Å². The molecule has 0 aliphatic carbocycles. The molecule has 3 aromatic rings. The van der Waals surface area contributed by atoms with Crippen molar-refractivity contribution >= 4 is 17.5 Å². The molecule has 0 aliphatic heterocycles. The van der Waals surface area contributed by atoms with Crippen LogP contribution in [-0.4, -0.2) is 47.6 Å². The van der Waals surface area contributed by atoms with E-state index in [9.17, 15) is 4.79 Å². The monoisotopic (exact) mass is 425 g/mol. The van der Waals surface area contributed by atoms with Gasteiger partial charge >= 0.3 is 0 Å². The molecule has 0 atom stereocenters. The zero-order valence-corrected chi connectivity index (χ0v) is 17.9. The Morgan fingerprint density at radius 2 is 1.87 bits per heavy atom. The number of carbonyl (C=O) groups excluding carboxylic acids is 1. The zero-order chi connectivity index (χ0) is 21.5. The predicted molar refractivity (Wildman–Crippen MR) is 117 cm³/mol. The molecule has 2 aromatic carbocycles. The van der Waals surface area contributed by atoms with Gasteiger partial charge in [0.15, 0.2) is 28.3 Å². The molecule has 0 fully saturated rings. The van der Waals surface area contributed by atoms with E-state index < -0.39 is 0 Å². The number of benzene rings is 2. The second-order valence-corrected chi connectivity index (χ2v) is 7.16. The Morgan fingerprint density at radius 3 is 2.57 bits per heavy atom. The first-order valence-electron chi connectivity index (χ1n) is 9.17. The summed E-state index contributed by atoms with van der Waals surface area (Å²) in [6.07, 6.45) is 1.77. The van der Waals surface area contributed by atoms with Crippen molar-refractivity contribution in [2.75, 3.05) is 27.1 Å². The van der Waals surface area contributed by atoms with Crippen LogP contribution in [0.3, 0.4) is 0 Å². The van der Waals surface area contributed by atoms with E-state index in [-0.39, 0.29) is 11.5 Å². The van der Waals surface area contributed by atoms with E-state index in [1.54, 1.807) is 45.6 Å². The zero-order valence-electron chi connectivity index (χ0n) is 17.1. The molecule has 7 nitrogen and oxygen atoms in total. The number of hydrogen-bond donors (Lipinski definition) is 0. The van der Waals surface area contributed by atoms with E-state index in [0.717, 1.165) is 11.3 Å². The van der Waals surface area contributed by atoms with Gasteiger partial charge in [-0.3, -0.25) is 9.36 Å². The maximum absolute atomic E-state index is 12.7. The highest BCUT2D eigenvalue weighted by Gasteiger charge is 2.17.